The molecule has 1 N–H and O–H groups in total. The molecule has 1 heterocycles. The fourth-order valence-electron chi connectivity index (χ4n) is 2.42. The van der Waals surface area contributed by atoms with Crippen molar-refractivity contribution in [1.82, 2.24) is 29.9 Å². The quantitative estimate of drug-likeness (QED) is 0.226. The monoisotopic (exact) mass is 495 g/mol. The van der Waals surface area contributed by atoms with Crippen LogP contribution in [-0.4, -0.2) is 83.4 Å². The maximum absolute atomic E-state index is 12.4. The molecule has 1 aromatic heterocycles. The van der Waals surface area contributed by atoms with Gasteiger partial charge in [0.25, 0.3) is 0 Å². The smallest absolute Gasteiger partial charge is 0.242 e. The van der Waals surface area contributed by atoms with Crippen molar-refractivity contribution in [3.63, 3.8) is 0 Å². The van der Waals surface area contributed by atoms with E-state index in [2.05, 4.69) is 20.5 Å². The van der Waals surface area contributed by atoms with Crippen LogP contribution >= 0.6 is 24.0 Å². The van der Waals surface area contributed by atoms with Gasteiger partial charge in [-0.15, -0.1) is 34.2 Å². The lowest BCUT2D eigenvalue weighted by atomic mass is 10.4. The number of carbonyl (C=O) groups excluding carboxylic acids is 1. The molecule has 0 aliphatic rings. The van der Waals surface area contributed by atoms with E-state index >= 15 is 0 Å². The zero-order valence-electron chi connectivity index (χ0n) is 17.4. The molecule has 10 heteroatoms. The zero-order chi connectivity index (χ0) is 19.5. The first kappa shape index (κ1) is 25.6. The van der Waals surface area contributed by atoms with Crippen LogP contribution in [0, 0.1) is 6.92 Å². The molecule has 1 rings (SSSR count). The average Bonchev–Trinajstić information content (AvgIpc) is 2.94. The van der Waals surface area contributed by atoms with Crippen LogP contribution in [0.2, 0.25) is 0 Å². The van der Waals surface area contributed by atoms with Crippen molar-refractivity contribution in [1.29, 1.82) is 0 Å². The van der Waals surface area contributed by atoms with Crippen LogP contribution < -0.4 is 5.32 Å². The lowest BCUT2D eigenvalue weighted by Gasteiger charge is -2.26. The highest BCUT2D eigenvalue weighted by Crippen LogP contribution is 2.01. The van der Waals surface area contributed by atoms with E-state index in [0.29, 0.717) is 38.7 Å². The van der Waals surface area contributed by atoms with Crippen molar-refractivity contribution in [3.8, 4) is 0 Å². The Hall–Kier alpha value is -1.43. The number of hydrogen-bond donors (Lipinski definition) is 1. The number of aryl methyl sites for hydroxylation is 1. The molecule has 0 atom stereocenters. The van der Waals surface area contributed by atoms with Crippen LogP contribution in [0.4, 0.5) is 0 Å². The molecule has 0 unspecified atom stereocenters. The first-order valence-electron chi connectivity index (χ1n) is 9.05. The van der Waals surface area contributed by atoms with Gasteiger partial charge in [0.05, 0.1) is 6.54 Å². The molecular formula is C17H34IN7O2. The summed E-state index contributed by atoms with van der Waals surface area (Å²) in [5.41, 5.74) is 0. The summed E-state index contributed by atoms with van der Waals surface area (Å²) >= 11 is 0. The topological polar surface area (TPSA) is 87.9 Å². The van der Waals surface area contributed by atoms with Gasteiger partial charge in [0.15, 0.2) is 11.8 Å². The zero-order valence-corrected chi connectivity index (χ0v) is 19.7. The minimum atomic E-state index is 0. The fraction of sp³-hybridized carbons (Fsp3) is 0.765. The number of carbonyl (C=O) groups is 1. The second-order valence-corrected chi connectivity index (χ2v) is 6.06. The molecule has 0 aromatic carbocycles. The molecule has 0 saturated carbocycles. The number of aromatic nitrogens is 3. The van der Waals surface area contributed by atoms with Crippen molar-refractivity contribution in [2.45, 2.75) is 33.7 Å². The fourth-order valence-corrected chi connectivity index (χ4v) is 2.42. The largest absolute Gasteiger partial charge is 0.385 e. The molecule has 0 fully saturated rings. The Balaban J connectivity index is 0.00000676. The molecular weight excluding hydrogens is 461 g/mol. The SMILES string of the molecule is CCN(CC)C(=O)CN(C)C(=NCc1nnc(C)n1C)NCCCOC.I. The summed E-state index contributed by atoms with van der Waals surface area (Å²) in [6, 6.07) is 0. The molecule has 1 aromatic rings. The number of guanidine groups is 1. The third kappa shape index (κ3) is 8.41. The van der Waals surface area contributed by atoms with E-state index in [1.54, 1.807) is 7.11 Å². The van der Waals surface area contributed by atoms with Gasteiger partial charge in [0.1, 0.15) is 12.4 Å². The minimum absolute atomic E-state index is 0. The molecule has 0 radical (unpaired) electrons. The van der Waals surface area contributed by atoms with Gasteiger partial charge in [-0.2, -0.15) is 0 Å². The summed E-state index contributed by atoms with van der Waals surface area (Å²) in [7, 11) is 5.46. The van der Waals surface area contributed by atoms with Gasteiger partial charge in [0.2, 0.25) is 5.91 Å². The predicted molar refractivity (Wildman–Crippen MR) is 117 cm³/mol. The van der Waals surface area contributed by atoms with Gasteiger partial charge in [-0.25, -0.2) is 4.99 Å². The number of ether oxygens (including phenoxy) is 1. The van der Waals surface area contributed by atoms with Crippen molar-refractivity contribution in [3.05, 3.63) is 11.6 Å². The average molecular weight is 495 g/mol. The van der Waals surface area contributed by atoms with Crippen LogP contribution in [0.25, 0.3) is 0 Å². The van der Waals surface area contributed by atoms with Gasteiger partial charge < -0.3 is 24.4 Å². The maximum atomic E-state index is 12.4. The molecule has 0 aliphatic heterocycles. The Morgan fingerprint density at radius 2 is 1.96 bits per heavy atom. The Morgan fingerprint density at radius 3 is 2.48 bits per heavy atom. The molecule has 0 saturated heterocycles. The third-order valence-corrected chi connectivity index (χ3v) is 4.21. The van der Waals surface area contributed by atoms with Crippen LogP contribution in [0.1, 0.15) is 31.9 Å². The van der Waals surface area contributed by atoms with E-state index in [4.69, 9.17) is 4.74 Å². The van der Waals surface area contributed by atoms with Crippen molar-refractivity contribution >= 4 is 35.8 Å². The molecule has 1 amide bonds. The molecule has 0 bridgehead atoms. The second kappa shape index (κ2) is 13.7. The number of methoxy groups -OCH3 is 1. The number of halogens is 1. The number of nitrogens with one attached hydrogen (secondary N) is 1. The molecule has 0 spiro atoms. The molecule has 156 valence electrons. The summed E-state index contributed by atoms with van der Waals surface area (Å²) < 4.78 is 6.99. The number of aliphatic imine (C=N–C) groups is 1. The number of nitrogens with zero attached hydrogens (tertiary/aromatic N) is 6. The Bertz CT molecular complexity index is 588. The van der Waals surface area contributed by atoms with E-state index in [1.807, 2.05) is 49.2 Å². The molecule has 0 aliphatic carbocycles. The second-order valence-electron chi connectivity index (χ2n) is 6.06. The van der Waals surface area contributed by atoms with Gasteiger partial charge >= 0.3 is 0 Å². The van der Waals surface area contributed by atoms with E-state index < -0.39 is 0 Å². The van der Waals surface area contributed by atoms with Crippen molar-refractivity contribution < 1.29 is 9.53 Å². The number of hydrogen-bond acceptors (Lipinski definition) is 5. The van der Waals surface area contributed by atoms with Crippen LogP contribution in [0.15, 0.2) is 4.99 Å². The number of amides is 1. The maximum Gasteiger partial charge on any atom is 0.242 e. The lowest BCUT2D eigenvalue weighted by Crippen LogP contribution is -2.46. The molecule has 27 heavy (non-hydrogen) atoms. The Kier molecular flexibility index (Phi) is 13.0. The van der Waals surface area contributed by atoms with Crippen LogP contribution in [0.3, 0.4) is 0 Å². The van der Waals surface area contributed by atoms with Gasteiger partial charge in [-0.1, -0.05) is 0 Å². The predicted octanol–water partition coefficient (Wildman–Crippen LogP) is 1.02. The van der Waals surface area contributed by atoms with Gasteiger partial charge in [-0.05, 0) is 27.2 Å². The van der Waals surface area contributed by atoms with Gasteiger partial charge in [0, 0.05) is 47.4 Å². The molecule has 9 nitrogen and oxygen atoms in total. The summed E-state index contributed by atoms with van der Waals surface area (Å²) in [6.45, 7) is 9.33. The number of likely N-dealkylation sites (N-methyl/N-ethyl adjacent to an activating group) is 2. The van der Waals surface area contributed by atoms with E-state index in [0.717, 1.165) is 18.1 Å². The Morgan fingerprint density at radius 1 is 1.30 bits per heavy atom. The highest BCUT2D eigenvalue weighted by Gasteiger charge is 2.15. The van der Waals surface area contributed by atoms with Gasteiger partial charge in [-0.3, -0.25) is 4.79 Å². The highest BCUT2D eigenvalue weighted by molar-refractivity contribution is 14.0. The first-order chi connectivity index (χ1) is 12.4. The van der Waals surface area contributed by atoms with Crippen molar-refractivity contribution in [2.75, 3.05) is 46.9 Å². The highest BCUT2D eigenvalue weighted by atomic mass is 127. The summed E-state index contributed by atoms with van der Waals surface area (Å²) in [4.78, 5) is 20.7. The third-order valence-electron chi connectivity index (χ3n) is 4.21. The van der Waals surface area contributed by atoms with Crippen LogP contribution in [0.5, 0.6) is 0 Å². The van der Waals surface area contributed by atoms with E-state index in [9.17, 15) is 4.79 Å². The van der Waals surface area contributed by atoms with Crippen molar-refractivity contribution in [2.24, 2.45) is 12.0 Å². The summed E-state index contributed by atoms with van der Waals surface area (Å²) in [5, 5.41) is 11.5. The normalized spacial score (nSPS) is 11.1. The standard InChI is InChI=1S/C17H33N7O2.HI/c1-7-24(8-2)16(25)13-22(4)17(18-10-9-11-26-6)19-12-15-21-20-14(3)23(15)5;/h7-13H2,1-6H3,(H,18,19);1H. The van der Waals surface area contributed by atoms with E-state index in [-0.39, 0.29) is 36.4 Å². The lowest BCUT2D eigenvalue weighted by molar-refractivity contribution is -0.131. The van der Waals surface area contributed by atoms with E-state index in [1.165, 1.54) is 0 Å². The number of rotatable bonds is 10. The summed E-state index contributed by atoms with van der Waals surface area (Å²) in [5.74, 6) is 2.37. The first-order valence-corrected chi connectivity index (χ1v) is 9.05. The Labute approximate surface area is 179 Å². The minimum Gasteiger partial charge on any atom is -0.385 e. The van der Waals surface area contributed by atoms with Crippen LogP contribution in [-0.2, 0) is 23.1 Å². The summed E-state index contributed by atoms with van der Waals surface area (Å²) in [6.07, 6.45) is 0.858.